The van der Waals surface area contributed by atoms with E-state index in [0.29, 0.717) is 35.4 Å². The number of aromatic nitrogens is 2. The minimum Gasteiger partial charge on any atom is -0.489 e. The Bertz CT molecular complexity index is 1620. The highest BCUT2D eigenvalue weighted by Crippen LogP contribution is 2.32. The first-order chi connectivity index (χ1) is 18.8. The van der Waals surface area contributed by atoms with Crippen LogP contribution in [0.25, 0.3) is 10.9 Å². The number of fused-ring (bicyclic) bond motifs is 1. The van der Waals surface area contributed by atoms with Crippen molar-refractivity contribution >= 4 is 45.8 Å². The monoisotopic (exact) mass is 563 g/mol. The molecule has 2 aromatic heterocycles. The number of aromatic carboxylic acids is 1. The lowest BCUT2D eigenvalue weighted by atomic mass is 10.1. The fourth-order valence-corrected chi connectivity index (χ4v) is 5.03. The molecule has 39 heavy (non-hydrogen) atoms. The molecule has 0 bridgehead atoms. The zero-order valence-electron chi connectivity index (χ0n) is 21.4. The maximum Gasteiger partial charge on any atom is 0.335 e. The highest BCUT2D eigenvalue weighted by Gasteiger charge is 2.20. The number of carboxylic acids is 1. The van der Waals surface area contributed by atoms with Gasteiger partial charge < -0.3 is 24.3 Å². The Morgan fingerprint density at radius 3 is 2.59 bits per heavy atom. The standard InChI is InChI=1S/C30H27Cl2N3O4/c1-18(2)29-23(26(34-39-29)15-33-28-24(31)7-4-8-25(28)32)17-38-22-9-10-27-20(14-22)11-12-35(27)16-19-5-3-6-21(13-19)30(36)37/h3-14,18,33H,15-17H2,1-2H3,(H,36,37). The lowest BCUT2D eigenvalue weighted by molar-refractivity contribution is 0.0696. The van der Waals surface area contributed by atoms with Gasteiger partial charge in [-0.1, -0.05) is 60.4 Å². The van der Waals surface area contributed by atoms with Crippen LogP contribution in [0.5, 0.6) is 5.75 Å². The van der Waals surface area contributed by atoms with Crippen molar-refractivity contribution in [3.63, 3.8) is 0 Å². The summed E-state index contributed by atoms with van der Waals surface area (Å²) in [5.41, 5.74) is 4.48. The van der Waals surface area contributed by atoms with Crippen molar-refractivity contribution < 1.29 is 19.2 Å². The number of nitrogens with zero attached hydrogens (tertiary/aromatic N) is 2. The molecular weight excluding hydrogens is 537 g/mol. The third kappa shape index (κ3) is 5.90. The molecule has 9 heteroatoms. The van der Waals surface area contributed by atoms with E-state index in [0.717, 1.165) is 39.2 Å². The van der Waals surface area contributed by atoms with Gasteiger partial charge in [0.05, 0.1) is 33.4 Å². The van der Waals surface area contributed by atoms with Gasteiger partial charge in [-0.2, -0.15) is 0 Å². The summed E-state index contributed by atoms with van der Waals surface area (Å²) in [6.45, 7) is 5.33. The third-order valence-electron chi connectivity index (χ3n) is 6.47. The van der Waals surface area contributed by atoms with Gasteiger partial charge in [0.25, 0.3) is 0 Å². The summed E-state index contributed by atoms with van der Waals surface area (Å²) in [5.74, 6) is 0.686. The molecule has 0 atom stereocenters. The lowest BCUT2D eigenvalue weighted by Crippen LogP contribution is -2.07. The van der Waals surface area contributed by atoms with Crippen LogP contribution in [0.3, 0.4) is 0 Å². The Hall–Kier alpha value is -3.94. The molecule has 2 N–H and O–H groups in total. The van der Waals surface area contributed by atoms with Crippen LogP contribution >= 0.6 is 23.2 Å². The smallest absolute Gasteiger partial charge is 0.335 e. The second-order valence-corrected chi connectivity index (χ2v) is 10.3. The second kappa shape index (κ2) is 11.4. The van der Waals surface area contributed by atoms with E-state index >= 15 is 0 Å². The maximum atomic E-state index is 11.3. The summed E-state index contributed by atoms with van der Waals surface area (Å²) in [7, 11) is 0. The largest absolute Gasteiger partial charge is 0.489 e. The van der Waals surface area contributed by atoms with E-state index in [9.17, 15) is 9.90 Å². The van der Waals surface area contributed by atoms with E-state index in [1.54, 1.807) is 36.4 Å². The molecule has 0 aliphatic heterocycles. The summed E-state index contributed by atoms with van der Waals surface area (Å²) in [6.07, 6.45) is 1.99. The van der Waals surface area contributed by atoms with Gasteiger partial charge in [-0.25, -0.2) is 4.79 Å². The number of para-hydroxylation sites is 1. The van der Waals surface area contributed by atoms with Gasteiger partial charge in [0.2, 0.25) is 0 Å². The number of hydrogen-bond donors (Lipinski definition) is 2. The first-order valence-electron chi connectivity index (χ1n) is 12.5. The van der Waals surface area contributed by atoms with Crippen LogP contribution in [0.1, 0.15) is 52.7 Å². The van der Waals surface area contributed by atoms with Crippen molar-refractivity contribution in [2.75, 3.05) is 5.32 Å². The topological polar surface area (TPSA) is 89.5 Å². The van der Waals surface area contributed by atoms with Gasteiger partial charge in [0.1, 0.15) is 23.8 Å². The fourth-order valence-electron chi connectivity index (χ4n) is 4.50. The van der Waals surface area contributed by atoms with Gasteiger partial charge in [-0.3, -0.25) is 0 Å². The van der Waals surface area contributed by atoms with E-state index in [2.05, 4.69) is 15.0 Å². The number of anilines is 1. The van der Waals surface area contributed by atoms with Gasteiger partial charge in [-0.05, 0) is 54.1 Å². The van der Waals surface area contributed by atoms with Crippen LogP contribution < -0.4 is 10.1 Å². The molecule has 0 saturated heterocycles. The Morgan fingerprint density at radius 1 is 1.08 bits per heavy atom. The predicted molar refractivity (Wildman–Crippen MR) is 153 cm³/mol. The summed E-state index contributed by atoms with van der Waals surface area (Å²) in [4.78, 5) is 11.3. The number of rotatable bonds is 10. The Labute approximate surface area is 235 Å². The third-order valence-corrected chi connectivity index (χ3v) is 7.10. The van der Waals surface area contributed by atoms with Crippen molar-refractivity contribution in [3.8, 4) is 5.75 Å². The van der Waals surface area contributed by atoms with Crippen LogP contribution in [0, 0.1) is 0 Å². The second-order valence-electron chi connectivity index (χ2n) is 9.54. The number of hydrogen-bond acceptors (Lipinski definition) is 5. The summed E-state index contributed by atoms with van der Waals surface area (Å²) < 4.78 is 14.0. The molecule has 7 nitrogen and oxygen atoms in total. The van der Waals surface area contributed by atoms with Crippen LogP contribution in [-0.4, -0.2) is 20.8 Å². The number of nitrogens with one attached hydrogen (secondary N) is 1. The van der Waals surface area contributed by atoms with Gasteiger partial charge in [0.15, 0.2) is 0 Å². The molecule has 0 saturated carbocycles. The van der Waals surface area contributed by atoms with Crippen LogP contribution in [0.15, 0.2) is 77.4 Å². The zero-order chi connectivity index (χ0) is 27.5. The average molecular weight is 564 g/mol. The first-order valence-corrected chi connectivity index (χ1v) is 13.2. The number of ether oxygens (including phenoxy) is 1. The van der Waals surface area contributed by atoms with Gasteiger partial charge in [0, 0.05) is 29.6 Å². The molecule has 0 amide bonds. The number of carbonyl (C=O) groups is 1. The molecule has 0 aliphatic rings. The number of halogens is 2. The quantitative estimate of drug-likeness (QED) is 0.179. The zero-order valence-corrected chi connectivity index (χ0v) is 23.0. The minimum atomic E-state index is -0.934. The minimum absolute atomic E-state index is 0.130. The van der Waals surface area contributed by atoms with Crippen molar-refractivity contribution in [1.29, 1.82) is 0 Å². The lowest BCUT2D eigenvalue weighted by Gasteiger charge is -2.12. The Morgan fingerprint density at radius 2 is 1.85 bits per heavy atom. The normalized spacial score (nSPS) is 11.3. The number of benzene rings is 3. The average Bonchev–Trinajstić information content (AvgIpc) is 3.51. The van der Waals surface area contributed by atoms with Crippen molar-refractivity contribution in [3.05, 3.63) is 111 Å². The van der Waals surface area contributed by atoms with E-state index in [4.69, 9.17) is 32.5 Å². The van der Waals surface area contributed by atoms with E-state index in [1.165, 1.54) is 0 Å². The summed E-state index contributed by atoms with van der Waals surface area (Å²) in [6, 6.07) is 20.3. The van der Waals surface area contributed by atoms with Gasteiger partial charge >= 0.3 is 5.97 Å². The SMILES string of the molecule is CC(C)c1onc(CNc2c(Cl)cccc2Cl)c1COc1ccc2c(ccn2Cc2cccc(C(=O)O)c2)c1. The van der Waals surface area contributed by atoms with E-state index in [-0.39, 0.29) is 11.5 Å². The molecule has 0 radical (unpaired) electrons. The molecule has 0 aliphatic carbocycles. The molecule has 3 aromatic carbocycles. The van der Waals surface area contributed by atoms with E-state index in [1.807, 2.05) is 50.4 Å². The highest BCUT2D eigenvalue weighted by atomic mass is 35.5. The molecule has 0 unspecified atom stereocenters. The van der Waals surface area contributed by atoms with Gasteiger partial charge in [-0.15, -0.1) is 0 Å². The van der Waals surface area contributed by atoms with Crippen molar-refractivity contribution in [1.82, 2.24) is 9.72 Å². The predicted octanol–water partition coefficient (Wildman–Crippen LogP) is 8.00. The van der Waals surface area contributed by atoms with Crippen LogP contribution in [-0.2, 0) is 19.7 Å². The van der Waals surface area contributed by atoms with Crippen LogP contribution in [0.4, 0.5) is 5.69 Å². The molecule has 0 spiro atoms. The molecule has 5 rings (SSSR count). The summed E-state index contributed by atoms with van der Waals surface area (Å²) in [5, 5.41) is 18.9. The molecule has 0 fully saturated rings. The fraction of sp³-hybridized carbons (Fsp3) is 0.200. The van der Waals surface area contributed by atoms with E-state index < -0.39 is 5.97 Å². The molecule has 2 heterocycles. The van der Waals surface area contributed by atoms with Crippen molar-refractivity contribution in [2.24, 2.45) is 0 Å². The summed E-state index contributed by atoms with van der Waals surface area (Å²) >= 11 is 12.6. The van der Waals surface area contributed by atoms with Crippen LogP contribution in [0.2, 0.25) is 10.0 Å². The molecule has 5 aromatic rings. The maximum absolute atomic E-state index is 11.3. The number of carboxylic acid groups (broad SMARTS) is 1. The molecule has 200 valence electrons. The van der Waals surface area contributed by atoms with Crippen molar-refractivity contribution in [2.45, 2.75) is 39.5 Å². The Balaban J connectivity index is 1.32. The highest BCUT2D eigenvalue weighted by molar-refractivity contribution is 6.39. The first kappa shape index (κ1) is 26.7. The molecular formula is C30H27Cl2N3O4. The Kier molecular flexibility index (Phi) is 7.82.